The van der Waals surface area contributed by atoms with Gasteiger partial charge in [-0.25, -0.2) is 0 Å². The number of nitriles is 1. The number of hydrogen-bond acceptors (Lipinski definition) is 3. The van der Waals surface area contributed by atoms with Crippen LogP contribution in [0, 0.1) is 11.3 Å². The number of amides is 1. The van der Waals surface area contributed by atoms with Crippen molar-refractivity contribution >= 4 is 5.91 Å². The Hall–Kier alpha value is -1.08. The maximum atomic E-state index is 11.3. The molecule has 4 nitrogen and oxygen atoms in total. The maximum absolute atomic E-state index is 11.3. The van der Waals surface area contributed by atoms with Crippen LogP contribution in [0.4, 0.5) is 0 Å². The molecule has 0 aliphatic carbocycles. The van der Waals surface area contributed by atoms with Crippen LogP contribution in [-0.4, -0.2) is 36.6 Å². The van der Waals surface area contributed by atoms with E-state index in [1.807, 2.05) is 13.0 Å². The van der Waals surface area contributed by atoms with Gasteiger partial charge in [0.05, 0.1) is 25.3 Å². The average molecular weight is 168 g/mol. The third kappa shape index (κ3) is 1.95. The molecule has 1 atom stereocenters. The summed E-state index contributed by atoms with van der Waals surface area (Å²) < 4.78 is 5.16. The number of ether oxygens (including phenoxy) is 1. The monoisotopic (exact) mass is 168 g/mol. The minimum atomic E-state index is -0.0895. The van der Waals surface area contributed by atoms with Crippen molar-refractivity contribution in [1.82, 2.24) is 4.90 Å². The van der Waals surface area contributed by atoms with Gasteiger partial charge in [0.15, 0.2) is 0 Å². The highest BCUT2D eigenvalue weighted by atomic mass is 16.5. The number of rotatable bonds is 1. The molecule has 0 aromatic heterocycles. The van der Waals surface area contributed by atoms with E-state index in [-0.39, 0.29) is 18.4 Å². The van der Waals surface area contributed by atoms with Gasteiger partial charge >= 0.3 is 0 Å². The Bertz CT molecular complexity index is 210. The second-order valence-electron chi connectivity index (χ2n) is 2.85. The van der Waals surface area contributed by atoms with E-state index < -0.39 is 0 Å². The number of hydrogen-bond donors (Lipinski definition) is 0. The van der Waals surface area contributed by atoms with Crippen LogP contribution >= 0.6 is 0 Å². The van der Waals surface area contributed by atoms with E-state index >= 15 is 0 Å². The Morgan fingerprint density at radius 1 is 1.83 bits per heavy atom. The summed E-state index contributed by atoms with van der Waals surface area (Å²) in [5, 5.41) is 8.32. The standard InChI is InChI=1S/C8H12N2O2/c1-7-6-12-5-4-10(7)8(11)2-3-9/h7H,2,4-6H2,1H3. The Labute approximate surface area is 71.7 Å². The van der Waals surface area contributed by atoms with E-state index in [0.29, 0.717) is 19.8 Å². The van der Waals surface area contributed by atoms with Gasteiger partial charge in [0, 0.05) is 6.54 Å². The van der Waals surface area contributed by atoms with Crippen LogP contribution in [0.1, 0.15) is 13.3 Å². The lowest BCUT2D eigenvalue weighted by atomic mass is 10.2. The van der Waals surface area contributed by atoms with Crippen molar-refractivity contribution in [2.45, 2.75) is 19.4 Å². The Balaban J connectivity index is 2.49. The highest BCUT2D eigenvalue weighted by molar-refractivity contribution is 5.78. The van der Waals surface area contributed by atoms with Crippen LogP contribution in [-0.2, 0) is 9.53 Å². The third-order valence-electron chi connectivity index (χ3n) is 1.92. The number of nitrogens with zero attached hydrogens (tertiary/aromatic N) is 2. The normalized spacial score (nSPS) is 23.3. The molecule has 1 rings (SSSR count). The van der Waals surface area contributed by atoms with E-state index in [1.54, 1.807) is 4.90 Å². The highest BCUT2D eigenvalue weighted by Crippen LogP contribution is 2.07. The maximum Gasteiger partial charge on any atom is 0.237 e. The van der Waals surface area contributed by atoms with Crippen LogP contribution in [0.3, 0.4) is 0 Å². The largest absolute Gasteiger partial charge is 0.377 e. The number of carbonyl (C=O) groups is 1. The van der Waals surface area contributed by atoms with Gasteiger partial charge < -0.3 is 9.64 Å². The van der Waals surface area contributed by atoms with Crippen LogP contribution in [0.25, 0.3) is 0 Å². The van der Waals surface area contributed by atoms with E-state index in [0.717, 1.165) is 0 Å². The van der Waals surface area contributed by atoms with Gasteiger partial charge in [0.25, 0.3) is 0 Å². The lowest BCUT2D eigenvalue weighted by molar-refractivity contribution is -0.137. The fourth-order valence-electron chi connectivity index (χ4n) is 1.27. The summed E-state index contributed by atoms with van der Waals surface area (Å²) >= 11 is 0. The van der Waals surface area contributed by atoms with Crippen LogP contribution < -0.4 is 0 Å². The molecule has 1 amide bonds. The van der Waals surface area contributed by atoms with E-state index in [4.69, 9.17) is 10.00 Å². The predicted octanol–water partition coefficient (Wildman–Crippen LogP) is 0.147. The van der Waals surface area contributed by atoms with Gasteiger partial charge in [-0.1, -0.05) is 0 Å². The molecule has 4 heteroatoms. The fraction of sp³-hybridized carbons (Fsp3) is 0.750. The summed E-state index contributed by atoms with van der Waals surface area (Å²) in [5.74, 6) is -0.0895. The predicted molar refractivity (Wildman–Crippen MR) is 42.2 cm³/mol. The van der Waals surface area contributed by atoms with Crippen LogP contribution in [0.5, 0.6) is 0 Å². The van der Waals surface area contributed by atoms with Crippen molar-refractivity contribution < 1.29 is 9.53 Å². The first kappa shape index (κ1) is 9.01. The summed E-state index contributed by atoms with van der Waals surface area (Å²) in [5.41, 5.74) is 0. The third-order valence-corrected chi connectivity index (χ3v) is 1.92. The molecule has 0 aromatic rings. The van der Waals surface area contributed by atoms with Gasteiger partial charge in [-0.15, -0.1) is 0 Å². The van der Waals surface area contributed by atoms with Crippen molar-refractivity contribution in [1.29, 1.82) is 5.26 Å². The topological polar surface area (TPSA) is 53.3 Å². The molecule has 0 spiro atoms. The SMILES string of the molecule is CC1COCCN1C(=O)CC#N. The summed E-state index contributed by atoms with van der Waals surface area (Å²) in [4.78, 5) is 13.0. The lowest BCUT2D eigenvalue weighted by Crippen LogP contribution is -2.46. The molecule has 12 heavy (non-hydrogen) atoms. The zero-order chi connectivity index (χ0) is 8.97. The van der Waals surface area contributed by atoms with Crippen molar-refractivity contribution in [2.75, 3.05) is 19.8 Å². The van der Waals surface area contributed by atoms with E-state index in [9.17, 15) is 4.79 Å². The fourth-order valence-corrected chi connectivity index (χ4v) is 1.27. The van der Waals surface area contributed by atoms with Gasteiger partial charge in [0.1, 0.15) is 6.42 Å². The number of morpholine rings is 1. The molecule has 1 unspecified atom stereocenters. The molecule has 1 saturated heterocycles. The van der Waals surface area contributed by atoms with Crippen molar-refractivity contribution in [3.05, 3.63) is 0 Å². The molecule has 1 aliphatic rings. The van der Waals surface area contributed by atoms with Crippen LogP contribution in [0.15, 0.2) is 0 Å². The lowest BCUT2D eigenvalue weighted by Gasteiger charge is -2.32. The molecule has 0 saturated carbocycles. The van der Waals surface area contributed by atoms with E-state index in [1.165, 1.54) is 0 Å². The zero-order valence-electron chi connectivity index (χ0n) is 7.12. The molecule has 66 valence electrons. The van der Waals surface area contributed by atoms with Gasteiger partial charge in [-0.05, 0) is 6.92 Å². The Kier molecular flexibility index (Phi) is 3.06. The molecule has 0 aromatic carbocycles. The summed E-state index contributed by atoms with van der Waals surface area (Å²) in [6, 6.07) is 1.96. The molecule has 1 heterocycles. The molecule has 0 radical (unpaired) electrons. The smallest absolute Gasteiger partial charge is 0.237 e. The molecule has 1 fully saturated rings. The zero-order valence-corrected chi connectivity index (χ0v) is 7.12. The average Bonchev–Trinajstić information content (AvgIpc) is 2.05. The quantitative estimate of drug-likeness (QED) is 0.560. The van der Waals surface area contributed by atoms with Gasteiger partial charge in [0.2, 0.25) is 5.91 Å². The van der Waals surface area contributed by atoms with Crippen LogP contribution in [0.2, 0.25) is 0 Å². The second-order valence-corrected chi connectivity index (χ2v) is 2.85. The summed E-state index contributed by atoms with van der Waals surface area (Å²) in [6.45, 7) is 3.70. The minimum Gasteiger partial charge on any atom is -0.377 e. The van der Waals surface area contributed by atoms with Crippen molar-refractivity contribution in [3.8, 4) is 6.07 Å². The first-order chi connectivity index (χ1) is 5.75. The first-order valence-electron chi connectivity index (χ1n) is 4.00. The van der Waals surface area contributed by atoms with Crippen molar-refractivity contribution in [2.24, 2.45) is 0 Å². The second kappa shape index (κ2) is 4.07. The van der Waals surface area contributed by atoms with Crippen molar-refractivity contribution in [3.63, 3.8) is 0 Å². The van der Waals surface area contributed by atoms with E-state index in [2.05, 4.69) is 0 Å². The molecular weight excluding hydrogens is 156 g/mol. The summed E-state index contributed by atoms with van der Waals surface area (Å²) in [6.07, 6.45) is -0.0235. The molecule has 1 aliphatic heterocycles. The van der Waals surface area contributed by atoms with Gasteiger partial charge in [-0.3, -0.25) is 4.79 Å². The highest BCUT2D eigenvalue weighted by Gasteiger charge is 2.22. The van der Waals surface area contributed by atoms with Gasteiger partial charge in [-0.2, -0.15) is 5.26 Å². The first-order valence-corrected chi connectivity index (χ1v) is 4.00. The number of carbonyl (C=O) groups excluding carboxylic acids is 1. The molecular formula is C8H12N2O2. The minimum absolute atomic E-state index is 0.0235. The molecule has 0 bridgehead atoms. The summed E-state index contributed by atoms with van der Waals surface area (Å²) in [7, 11) is 0. The Morgan fingerprint density at radius 2 is 2.58 bits per heavy atom. The molecule has 0 N–H and O–H groups in total. The Morgan fingerprint density at radius 3 is 3.17 bits per heavy atom.